The lowest BCUT2D eigenvalue weighted by Gasteiger charge is -2.12. The average Bonchev–Trinajstić information content (AvgIpc) is 2.61. The Morgan fingerprint density at radius 2 is 2.04 bits per heavy atom. The molecule has 0 aliphatic carbocycles. The zero-order valence-electron chi connectivity index (χ0n) is 14.6. The van der Waals surface area contributed by atoms with Crippen LogP contribution in [0.4, 0.5) is 4.39 Å². The SMILES string of the molecule is CCNC(=NCc1cc(OC)ccc1O)NCCc1cccc(F)c1. The summed E-state index contributed by atoms with van der Waals surface area (Å²) < 4.78 is 18.4. The number of aliphatic imine (C=N–C) groups is 1. The Morgan fingerprint density at radius 3 is 2.76 bits per heavy atom. The van der Waals surface area contributed by atoms with Crippen molar-refractivity contribution in [1.82, 2.24) is 10.6 Å². The van der Waals surface area contributed by atoms with E-state index in [2.05, 4.69) is 15.6 Å². The zero-order valence-corrected chi connectivity index (χ0v) is 14.6. The standard InChI is InChI=1S/C19H24FN3O2/c1-3-21-19(22-10-9-14-5-4-6-16(20)11-14)23-13-15-12-17(25-2)7-8-18(15)24/h4-8,11-12,24H,3,9-10,13H2,1-2H3,(H2,21,22,23). The highest BCUT2D eigenvalue weighted by Gasteiger charge is 2.04. The van der Waals surface area contributed by atoms with Gasteiger partial charge in [-0.25, -0.2) is 9.38 Å². The number of guanidine groups is 1. The number of nitrogens with zero attached hydrogens (tertiary/aromatic N) is 1. The summed E-state index contributed by atoms with van der Waals surface area (Å²) >= 11 is 0. The third-order valence-electron chi connectivity index (χ3n) is 3.63. The van der Waals surface area contributed by atoms with Crippen LogP contribution in [0, 0.1) is 5.82 Å². The highest BCUT2D eigenvalue weighted by molar-refractivity contribution is 5.79. The molecule has 2 rings (SSSR count). The molecule has 0 aliphatic heterocycles. The van der Waals surface area contributed by atoms with Crippen LogP contribution >= 0.6 is 0 Å². The van der Waals surface area contributed by atoms with E-state index >= 15 is 0 Å². The number of phenolic OH excluding ortho intramolecular Hbond substituents is 1. The van der Waals surface area contributed by atoms with E-state index < -0.39 is 0 Å². The Morgan fingerprint density at radius 1 is 1.20 bits per heavy atom. The second-order valence-electron chi connectivity index (χ2n) is 5.50. The molecular weight excluding hydrogens is 321 g/mol. The molecule has 0 aliphatic rings. The van der Waals surface area contributed by atoms with Crippen LogP contribution < -0.4 is 15.4 Å². The summed E-state index contributed by atoms with van der Waals surface area (Å²) in [4.78, 5) is 4.47. The summed E-state index contributed by atoms with van der Waals surface area (Å²) in [5, 5.41) is 16.3. The molecule has 0 fully saturated rings. The number of hydrogen-bond donors (Lipinski definition) is 3. The van der Waals surface area contributed by atoms with Gasteiger partial charge in [-0.1, -0.05) is 12.1 Å². The van der Waals surface area contributed by atoms with Crippen molar-refractivity contribution in [3.63, 3.8) is 0 Å². The first-order chi connectivity index (χ1) is 12.1. The number of halogens is 1. The Bertz CT molecular complexity index is 720. The van der Waals surface area contributed by atoms with Crippen molar-refractivity contribution in [3.8, 4) is 11.5 Å². The molecule has 0 aromatic heterocycles. The lowest BCUT2D eigenvalue weighted by atomic mass is 10.1. The normalized spacial score (nSPS) is 11.2. The van der Waals surface area contributed by atoms with Crippen LogP contribution in [-0.4, -0.2) is 31.3 Å². The number of ether oxygens (including phenoxy) is 1. The lowest BCUT2D eigenvalue weighted by Crippen LogP contribution is -2.38. The van der Waals surface area contributed by atoms with Crippen LogP contribution in [0.5, 0.6) is 11.5 Å². The van der Waals surface area contributed by atoms with Gasteiger partial charge in [0.2, 0.25) is 0 Å². The minimum absolute atomic E-state index is 0.181. The number of benzene rings is 2. The van der Waals surface area contributed by atoms with Crippen molar-refractivity contribution >= 4 is 5.96 Å². The van der Waals surface area contributed by atoms with Gasteiger partial charge in [0.25, 0.3) is 0 Å². The average molecular weight is 345 g/mol. The highest BCUT2D eigenvalue weighted by Crippen LogP contribution is 2.23. The molecule has 2 aromatic rings. The molecular formula is C19H24FN3O2. The number of hydrogen-bond acceptors (Lipinski definition) is 3. The highest BCUT2D eigenvalue weighted by atomic mass is 19.1. The van der Waals surface area contributed by atoms with Crippen LogP contribution in [0.2, 0.25) is 0 Å². The maximum Gasteiger partial charge on any atom is 0.191 e. The lowest BCUT2D eigenvalue weighted by molar-refractivity contribution is 0.411. The number of rotatable bonds is 7. The Kier molecular flexibility index (Phi) is 7.07. The maximum absolute atomic E-state index is 13.2. The van der Waals surface area contributed by atoms with Gasteiger partial charge in [0.1, 0.15) is 17.3 Å². The summed E-state index contributed by atoms with van der Waals surface area (Å²) in [6.07, 6.45) is 0.687. The van der Waals surface area contributed by atoms with Gasteiger partial charge in [-0.05, 0) is 49.2 Å². The molecule has 3 N–H and O–H groups in total. The molecule has 0 unspecified atom stereocenters. The van der Waals surface area contributed by atoms with Gasteiger partial charge in [0, 0.05) is 18.7 Å². The molecule has 0 saturated heterocycles. The van der Waals surface area contributed by atoms with Crippen LogP contribution in [-0.2, 0) is 13.0 Å². The van der Waals surface area contributed by atoms with E-state index in [1.807, 2.05) is 13.0 Å². The molecule has 0 amide bonds. The van der Waals surface area contributed by atoms with Crippen molar-refractivity contribution in [2.24, 2.45) is 4.99 Å². The first kappa shape index (κ1) is 18.6. The van der Waals surface area contributed by atoms with Crippen molar-refractivity contribution in [3.05, 3.63) is 59.4 Å². The van der Waals surface area contributed by atoms with Crippen molar-refractivity contribution in [2.75, 3.05) is 20.2 Å². The van der Waals surface area contributed by atoms with Crippen LogP contribution in [0.25, 0.3) is 0 Å². The van der Waals surface area contributed by atoms with Gasteiger partial charge in [-0.3, -0.25) is 0 Å². The topological polar surface area (TPSA) is 65.9 Å². The van der Waals surface area contributed by atoms with Gasteiger partial charge < -0.3 is 20.5 Å². The fourth-order valence-corrected chi connectivity index (χ4v) is 2.34. The minimum Gasteiger partial charge on any atom is -0.508 e. The van der Waals surface area contributed by atoms with E-state index in [1.54, 1.807) is 31.4 Å². The molecule has 0 radical (unpaired) electrons. The number of methoxy groups -OCH3 is 1. The first-order valence-electron chi connectivity index (χ1n) is 8.25. The number of phenols is 1. The fraction of sp³-hybridized carbons (Fsp3) is 0.316. The molecule has 2 aromatic carbocycles. The molecule has 5 nitrogen and oxygen atoms in total. The van der Waals surface area contributed by atoms with Crippen molar-refractivity contribution in [2.45, 2.75) is 19.9 Å². The largest absolute Gasteiger partial charge is 0.508 e. The second kappa shape index (κ2) is 9.52. The molecule has 0 heterocycles. The summed E-state index contributed by atoms with van der Waals surface area (Å²) in [5.41, 5.74) is 1.61. The molecule has 0 saturated carbocycles. The van der Waals surface area contributed by atoms with Gasteiger partial charge >= 0.3 is 0 Å². The predicted octanol–water partition coefficient (Wildman–Crippen LogP) is 2.84. The maximum atomic E-state index is 13.2. The Balaban J connectivity index is 1.96. The molecule has 6 heteroatoms. The van der Waals surface area contributed by atoms with Gasteiger partial charge in [-0.2, -0.15) is 0 Å². The van der Waals surface area contributed by atoms with Crippen LogP contribution in [0.3, 0.4) is 0 Å². The van der Waals surface area contributed by atoms with E-state index in [4.69, 9.17) is 4.74 Å². The van der Waals surface area contributed by atoms with Gasteiger partial charge in [0.05, 0.1) is 13.7 Å². The number of nitrogens with one attached hydrogen (secondary N) is 2. The summed E-state index contributed by atoms with van der Waals surface area (Å²) in [6, 6.07) is 11.6. The van der Waals surface area contributed by atoms with Crippen molar-refractivity contribution < 1.29 is 14.2 Å². The van der Waals surface area contributed by atoms with Gasteiger partial charge in [0.15, 0.2) is 5.96 Å². The van der Waals surface area contributed by atoms with E-state index in [0.29, 0.717) is 36.8 Å². The minimum atomic E-state index is -0.230. The van der Waals surface area contributed by atoms with Crippen LogP contribution in [0.1, 0.15) is 18.1 Å². The quantitative estimate of drug-likeness (QED) is 0.533. The zero-order chi connectivity index (χ0) is 18.1. The summed E-state index contributed by atoms with van der Waals surface area (Å²) in [5.74, 6) is 1.26. The van der Waals surface area contributed by atoms with E-state index in [-0.39, 0.29) is 11.6 Å². The van der Waals surface area contributed by atoms with Crippen LogP contribution in [0.15, 0.2) is 47.5 Å². The smallest absolute Gasteiger partial charge is 0.191 e. The second-order valence-corrected chi connectivity index (χ2v) is 5.50. The third-order valence-corrected chi connectivity index (χ3v) is 3.63. The van der Waals surface area contributed by atoms with E-state index in [0.717, 1.165) is 12.1 Å². The number of aromatic hydroxyl groups is 1. The molecule has 0 atom stereocenters. The van der Waals surface area contributed by atoms with Gasteiger partial charge in [-0.15, -0.1) is 0 Å². The fourth-order valence-electron chi connectivity index (χ4n) is 2.34. The Labute approximate surface area is 147 Å². The summed E-state index contributed by atoms with van der Waals surface area (Å²) in [7, 11) is 1.58. The Hall–Kier alpha value is -2.76. The molecule has 134 valence electrons. The monoisotopic (exact) mass is 345 g/mol. The summed E-state index contributed by atoms with van der Waals surface area (Å²) in [6.45, 7) is 3.64. The molecule has 25 heavy (non-hydrogen) atoms. The third kappa shape index (κ3) is 5.99. The van der Waals surface area contributed by atoms with E-state index in [1.165, 1.54) is 12.1 Å². The first-order valence-corrected chi connectivity index (χ1v) is 8.25. The molecule has 0 spiro atoms. The van der Waals surface area contributed by atoms with E-state index in [9.17, 15) is 9.50 Å². The van der Waals surface area contributed by atoms with Crippen molar-refractivity contribution in [1.29, 1.82) is 0 Å². The predicted molar refractivity (Wildman–Crippen MR) is 97.6 cm³/mol. The molecule has 0 bridgehead atoms.